The van der Waals surface area contributed by atoms with Crippen LogP contribution in [0.5, 0.6) is 0 Å². The number of rotatable bonds is 3. The van der Waals surface area contributed by atoms with E-state index in [0.717, 1.165) is 16.7 Å². The molecule has 0 aliphatic heterocycles. The van der Waals surface area contributed by atoms with E-state index in [0.29, 0.717) is 6.54 Å². The monoisotopic (exact) mass is 247 g/mol. The highest BCUT2D eigenvalue weighted by Crippen LogP contribution is 2.21. The number of hydrogen-bond donors (Lipinski definition) is 1. The lowest BCUT2D eigenvalue weighted by atomic mass is 9.96. The van der Waals surface area contributed by atoms with Crippen molar-refractivity contribution in [2.24, 2.45) is 5.41 Å². The van der Waals surface area contributed by atoms with Gasteiger partial charge < -0.3 is 4.57 Å². The molecule has 0 saturated carbocycles. The van der Waals surface area contributed by atoms with E-state index >= 15 is 0 Å². The second kappa shape index (κ2) is 4.57. The van der Waals surface area contributed by atoms with Crippen LogP contribution in [0.3, 0.4) is 0 Å². The van der Waals surface area contributed by atoms with Crippen molar-refractivity contribution >= 4 is 23.5 Å². The summed E-state index contributed by atoms with van der Waals surface area (Å²) in [6, 6.07) is 11.5. The van der Waals surface area contributed by atoms with E-state index in [4.69, 9.17) is 0 Å². The zero-order valence-corrected chi connectivity index (χ0v) is 11.1. The first kappa shape index (κ1) is 12.2. The number of thiol groups is 1. The maximum Gasteiger partial charge on any atom is 0.251 e. The Balaban J connectivity index is 2.59. The van der Waals surface area contributed by atoms with Crippen LogP contribution in [-0.4, -0.2) is 10.3 Å². The zero-order chi connectivity index (χ0) is 12.5. The van der Waals surface area contributed by atoms with Crippen LogP contribution in [-0.2, 0) is 6.54 Å². The molecule has 0 atom stereocenters. The van der Waals surface area contributed by atoms with Crippen LogP contribution in [0.4, 0.5) is 0 Å². The van der Waals surface area contributed by atoms with E-state index in [1.54, 1.807) is 6.07 Å². The molecule has 0 bridgehead atoms. The molecule has 0 aliphatic rings. The molecule has 0 spiro atoms. The van der Waals surface area contributed by atoms with Crippen molar-refractivity contribution in [2.75, 3.05) is 5.75 Å². The van der Waals surface area contributed by atoms with Crippen molar-refractivity contribution in [3.63, 3.8) is 0 Å². The standard InChI is InChI=1S/C14H17NOS/c1-14(2,10-17)9-15-12-6-4-3-5-11(12)7-8-13(15)16/h3-8,17H,9-10H2,1-2H3. The van der Waals surface area contributed by atoms with Crippen molar-refractivity contribution in [3.8, 4) is 0 Å². The lowest BCUT2D eigenvalue weighted by molar-refractivity contribution is 0.353. The third kappa shape index (κ3) is 2.55. The second-order valence-electron chi connectivity index (χ2n) is 5.14. The van der Waals surface area contributed by atoms with Crippen LogP contribution in [0.15, 0.2) is 41.2 Å². The molecule has 1 heterocycles. The van der Waals surface area contributed by atoms with E-state index in [1.807, 2.05) is 34.9 Å². The summed E-state index contributed by atoms with van der Waals surface area (Å²) in [7, 11) is 0. The van der Waals surface area contributed by atoms with Gasteiger partial charge in [-0.2, -0.15) is 12.6 Å². The van der Waals surface area contributed by atoms with Crippen molar-refractivity contribution < 1.29 is 0 Å². The first-order chi connectivity index (χ1) is 8.03. The number of benzene rings is 1. The second-order valence-corrected chi connectivity index (χ2v) is 5.46. The Morgan fingerprint density at radius 2 is 1.88 bits per heavy atom. The Morgan fingerprint density at radius 1 is 1.18 bits per heavy atom. The third-order valence-electron chi connectivity index (χ3n) is 2.91. The summed E-state index contributed by atoms with van der Waals surface area (Å²) in [5.41, 5.74) is 1.06. The summed E-state index contributed by atoms with van der Waals surface area (Å²) in [6.07, 6.45) is 0. The number of hydrogen-bond acceptors (Lipinski definition) is 2. The van der Waals surface area contributed by atoms with E-state index in [9.17, 15) is 4.79 Å². The van der Waals surface area contributed by atoms with Gasteiger partial charge in [-0.3, -0.25) is 4.79 Å². The van der Waals surface area contributed by atoms with Crippen LogP contribution in [0, 0.1) is 5.41 Å². The van der Waals surface area contributed by atoms with Gasteiger partial charge in [0.2, 0.25) is 0 Å². The smallest absolute Gasteiger partial charge is 0.251 e. The maximum atomic E-state index is 12.0. The topological polar surface area (TPSA) is 22.0 Å². The first-order valence-electron chi connectivity index (χ1n) is 5.73. The highest BCUT2D eigenvalue weighted by Gasteiger charge is 2.18. The van der Waals surface area contributed by atoms with Gasteiger partial charge in [-0.05, 0) is 28.7 Å². The maximum absolute atomic E-state index is 12.0. The third-order valence-corrected chi connectivity index (χ3v) is 3.77. The average molecular weight is 247 g/mol. The van der Waals surface area contributed by atoms with Crippen LogP contribution in [0.1, 0.15) is 13.8 Å². The number of fused-ring (bicyclic) bond motifs is 1. The normalized spacial score (nSPS) is 11.9. The molecule has 0 N–H and O–H groups in total. The van der Waals surface area contributed by atoms with Gasteiger partial charge in [0.25, 0.3) is 5.56 Å². The molecule has 1 aromatic heterocycles. The zero-order valence-electron chi connectivity index (χ0n) is 10.2. The highest BCUT2D eigenvalue weighted by molar-refractivity contribution is 7.80. The van der Waals surface area contributed by atoms with Crippen molar-refractivity contribution in [2.45, 2.75) is 20.4 Å². The lowest BCUT2D eigenvalue weighted by Gasteiger charge is -2.24. The summed E-state index contributed by atoms with van der Waals surface area (Å²) in [4.78, 5) is 12.0. The lowest BCUT2D eigenvalue weighted by Crippen LogP contribution is -2.29. The average Bonchev–Trinajstić information content (AvgIpc) is 2.33. The molecular weight excluding hydrogens is 230 g/mol. The summed E-state index contributed by atoms with van der Waals surface area (Å²) in [5, 5.41) is 1.10. The Hall–Kier alpha value is -1.22. The molecule has 2 nitrogen and oxygen atoms in total. The van der Waals surface area contributed by atoms with Gasteiger partial charge in [0.1, 0.15) is 0 Å². The van der Waals surface area contributed by atoms with E-state index in [2.05, 4.69) is 26.5 Å². The molecule has 0 unspecified atom stereocenters. The van der Waals surface area contributed by atoms with Crippen molar-refractivity contribution in [1.29, 1.82) is 0 Å². The van der Waals surface area contributed by atoms with E-state index in [1.165, 1.54) is 0 Å². The van der Waals surface area contributed by atoms with E-state index in [-0.39, 0.29) is 11.0 Å². The molecule has 0 saturated heterocycles. The fourth-order valence-corrected chi connectivity index (χ4v) is 1.99. The molecule has 1 aromatic carbocycles. The van der Waals surface area contributed by atoms with Crippen molar-refractivity contribution in [3.05, 3.63) is 46.8 Å². The van der Waals surface area contributed by atoms with Crippen LogP contribution >= 0.6 is 12.6 Å². The van der Waals surface area contributed by atoms with Gasteiger partial charge in [0.15, 0.2) is 0 Å². The minimum atomic E-state index is 0.0110. The van der Waals surface area contributed by atoms with Crippen LogP contribution in [0.2, 0.25) is 0 Å². The predicted molar refractivity (Wildman–Crippen MR) is 75.8 cm³/mol. The Kier molecular flexibility index (Phi) is 3.29. The minimum absolute atomic E-state index is 0.0110. The quantitative estimate of drug-likeness (QED) is 0.828. The number of aromatic nitrogens is 1. The predicted octanol–water partition coefficient (Wildman–Crippen LogP) is 2.96. The number of pyridine rings is 1. The Bertz CT molecular complexity index is 586. The van der Waals surface area contributed by atoms with Gasteiger partial charge in [0.05, 0.1) is 5.52 Å². The summed E-state index contributed by atoms with van der Waals surface area (Å²) < 4.78 is 1.84. The fraction of sp³-hybridized carbons (Fsp3) is 0.357. The molecule has 2 aromatic rings. The van der Waals surface area contributed by atoms with Gasteiger partial charge in [-0.15, -0.1) is 0 Å². The molecule has 90 valence electrons. The number of nitrogens with zero attached hydrogens (tertiary/aromatic N) is 1. The summed E-state index contributed by atoms with van der Waals surface area (Å²) >= 11 is 4.34. The Morgan fingerprint density at radius 3 is 2.59 bits per heavy atom. The van der Waals surface area contributed by atoms with E-state index < -0.39 is 0 Å². The fourth-order valence-electron chi connectivity index (χ4n) is 1.89. The van der Waals surface area contributed by atoms with Crippen LogP contribution in [0.25, 0.3) is 10.9 Å². The molecule has 3 heteroatoms. The SMILES string of the molecule is CC(C)(CS)Cn1c(=O)ccc2ccccc21. The molecule has 0 amide bonds. The van der Waals surface area contributed by atoms with Gasteiger partial charge in [0, 0.05) is 12.6 Å². The first-order valence-corrected chi connectivity index (χ1v) is 6.36. The molecule has 2 rings (SSSR count). The minimum Gasteiger partial charge on any atom is -0.308 e. The summed E-state index contributed by atoms with van der Waals surface area (Å²) in [5.74, 6) is 0.753. The van der Waals surface area contributed by atoms with Crippen LogP contribution < -0.4 is 5.56 Å². The van der Waals surface area contributed by atoms with Crippen molar-refractivity contribution in [1.82, 2.24) is 4.57 Å². The highest BCUT2D eigenvalue weighted by atomic mass is 32.1. The molecular formula is C14H17NOS. The molecule has 0 fully saturated rings. The summed E-state index contributed by atoms with van der Waals surface area (Å²) in [6.45, 7) is 4.93. The van der Waals surface area contributed by atoms with Gasteiger partial charge in [-0.25, -0.2) is 0 Å². The molecule has 0 radical (unpaired) electrons. The Labute approximate surface area is 107 Å². The van der Waals surface area contributed by atoms with Gasteiger partial charge in [-0.1, -0.05) is 32.0 Å². The number of para-hydroxylation sites is 1. The largest absolute Gasteiger partial charge is 0.308 e. The van der Waals surface area contributed by atoms with Gasteiger partial charge >= 0.3 is 0 Å². The molecule has 0 aliphatic carbocycles. The molecule has 17 heavy (non-hydrogen) atoms.